The summed E-state index contributed by atoms with van der Waals surface area (Å²) in [5.41, 5.74) is 0.560. The van der Waals surface area contributed by atoms with E-state index in [1.807, 2.05) is 0 Å². The monoisotopic (exact) mass is 359 g/mol. The molecule has 0 aliphatic rings. The lowest BCUT2D eigenvalue weighted by Gasteiger charge is -2.03. The molecular weight excluding hydrogens is 353 g/mol. The maximum absolute atomic E-state index is 11.8. The summed E-state index contributed by atoms with van der Waals surface area (Å²) in [6.07, 6.45) is 0. The number of nitrogens with one attached hydrogen (secondary N) is 1. The number of carbonyl (C=O) groups is 1. The molecular formula is C10H7BrClN5O3. The third kappa shape index (κ3) is 3.52. The molecule has 0 saturated heterocycles. The normalized spacial score (nSPS) is 10.3. The number of hydrogen-bond acceptors (Lipinski definition) is 5. The third-order valence-corrected chi connectivity index (χ3v) is 3.04. The fourth-order valence-electron chi connectivity index (χ4n) is 1.36. The minimum Gasteiger partial charge on any atom is -0.390 e. The van der Waals surface area contributed by atoms with Gasteiger partial charge in [0.2, 0.25) is 5.91 Å². The van der Waals surface area contributed by atoms with Crippen LogP contribution >= 0.6 is 27.5 Å². The van der Waals surface area contributed by atoms with Crippen molar-refractivity contribution < 1.29 is 9.72 Å². The molecule has 0 fully saturated rings. The quantitative estimate of drug-likeness (QED) is 0.665. The van der Waals surface area contributed by atoms with Crippen LogP contribution in [-0.4, -0.2) is 25.6 Å². The minimum atomic E-state index is -0.738. The van der Waals surface area contributed by atoms with Gasteiger partial charge in [-0.15, -0.1) is 0 Å². The predicted octanol–water partition coefficient (Wildman–Crippen LogP) is 2.24. The molecule has 1 heterocycles. The van der Waals surface area contributed by atoms with Crippen molar-refractivity contribution in [1.82, 2.24) is 14.8 Å². The van der Waals surface area contributed by atoms with Crippen molar-refractivity contribution in [3.8, 4) is 0 Å². The largest absolute Gasteiger partial charge is 0.492 e. The summed E-state index contributed by atoms with van der Waals surface area (Å²) in [5, 5.41) is 17.3. The molecule has 1 N–H and O–H groups in total. The first-order valence-electron chi connectivity index (χ1n) is 5.26. The number of nitrogens with zero attached hydrogens (tertiary/aromatic N) is 4. The highest BCUT2D eigenvalue weighted by atomic mass is 79.9. The molecule has 10 heteroatoms. The lowest BCUT2D eigenvalue weighted by Crippen LogP contribution is -2.19. The number of benzene rings is 1. The van der Waals surface area contributed by atoms with Gasteiger partial charge >= 0.3 is 5.95 Å². The fourth-order valence-corrected chi connectivity index (χ4v) is 1.85. The molecule has 1 aromatic heterocycles. The van der Waals surface area contributed by atoms with Crippen molar-refractivity contribution in [3.05, 3.63) is 44.1 Å². The van der Waals surface area contributed by atoms with Crippen molar-refractivity contribution in [1.29, 1.82) is 0 Å². The molecule has 20 heavy (non-hydrogen) atoms. The Labute approximate surface area is 126 Å². The number of hydrogen-bond donors (Lipinski definition) is 1. The first-order valence-corrected chi connectivity index (χ1v) is 6.43. The molecule has 0 spiro atoms. The van der Waals surface area contributed by atoms with Gasteiger partial charge in [0.05, 0.1) is 0 Å². The maximum atomic E-state index is 11.8. The molecule has 0 atom stereocenters. The molecule has 104 valence electrons. The first kappa shape index (κ1) is 14.4. The summed E-state index contributed by atoms with van der Waals surface area (Å²) in [5.74, 6) is -0.969. The number of halogens is 2. The SMILES string of the molecule is O=C(Cn1nc([N+](=O)[O-])nc1Br)Nc1ccc(Cl)cc1. The van der Waals surface area contributed by atoms with Crippen LogP contribution in [0, 0.1) is 10.1 Å². The molecule has 8 nitrogen and oxygen atoms in total. The Morgan fingerprint density at radius 3 is 2.65 bits per heavy atom. The summed E-state index contributed by atoms with van der Waals surface area (Å²) in [7, 11) is 0. The van der Waals surface area contributed by atoms with Gasteiger partial charge in [0.15, 0.2) is 0 Å². The Kier molecular flexibility index (Phi) is 4.30. The minimum absolute atomic E-state index is 0.107. The highest BCUT2D eigenvalue weighted by Gasteiger charge is 2.21. The average Bonchev–Trinajstić information content (AvgIpc) is 2.74. The third-order valence-electron chi connectivity index (χ3n) is 2.20. The maximum Gasteiger partial charge on any atom is 0.492 e. The van der Waals surface area contributed by atoms with E-state index in [9.17, 15) is 14.9 Å². The number of anilines is 1. The van der Waals surface area contributed by atoms with Crippen LogP contribution < -0.4 is 5.32 Å². The molecule has 1 aromatic carbocycles. The highest BCUT2D eigenvalue weighted by Crippen LogP contribution is 2.14. The zero-order chi connectivity index (χ0) is 14.7. The summed E-state index contributed by atoms with van der Waals surface area (Å²) in [6.45, 7) is -0.204. The van der Waals surface area contributed by atoms with E-state index in [0.717, 1.165) is 4.68 Å². The van der Waals surface area contributed by atoms with E-state index in [-0.39, 0.29) is 11.3 Å². The Balaban J connectivity index is 2.04. The molecule has 2 rings (SSSR count). The predicted molar refractivity (Wildman–Crippen MR) is 74.5 cm³/mol. The van der Waals surface area contributed by atoms with Crippen LogP contribution in [0.25, 0.3) is 0 Å². The number of nitro groups is 1. The van der Waals surface area contributed by atoms with Crippen LogP contribution in [-0.2, 0) is 11.3 Å². The van der Waals surface area contributed by atoms with Crippen molar-refractivity contribution in [2.24, 2.45) is 0 Å². The van der Waals surface area contributed by atoms with Crippen LogP contribution in [0.5, 0.6) is 0 Å². The van der Waals surface area contributed by atoms with Crippen LogP contribution in [0.4, 0.5) is 11.6 Å². The molecule has 2 aromatic rings. The van der Waals surface area contributed by atoms with Crippen molar-refractivity contribution in [2.45, 2.75) is 6.54 Å². The van der Waals surface area contributed by atoms with E-state index in [4.69, 9.17) is 11.6 Å². The number of rotatable bonds is 4. The van der Waals surface area contributed by atoms with E-state index in [0.29, 0.717) is 10.7 Å². The van der Waals surface area contributed by atoms with Gasteiger partial charge < -0.3 is 15.4 Å². The van der Waals surface area contributed by atoms with Gasteiger partial charge in [-0.2, -0.15) is 4.68 Å². The number of aromatic nitrogens is 3. The van der Waals surface area contributed by atoms with E-state index in [2.05, 4.69) is 31.3 Å². The second-order valence-electron chi connectivity index (χ2n) is 3.65. The Bertz CT molecular complexity index is 657. The van der Waals surface area contributed by atoms with Crippen molar-refractivity contribution >= 4 is 45.1 Å². The summed E-state index contributed by atoms with van der Waals surface area (Å²) >= 11 is 8.72. The Morgan fingerprint density at radius 2 is 2.10 bits per heavy atom. The van der Waals surface area contributed by atoms with Gasteiger partial charge in [-0.3, -0.25) is 4.79 Å². The van der Waals surface area contributed by atoms with E-state index >= 15 is 0 Å². The lowest BCUT2D eigenvalue weighted by molar-refractivity contribution is -0.394. The van der Waals surface area contributed by atoms with Crippen molar-refractivity contribution in [3.63, 3.8) is 0 Å². The average molecular weight is 361 g/mol. The first-order chi connectivity index (χ1) is 9.45. The molecule has 0 radical (unpaired) electrons. The molecule has 0 saturated carbocycles. The molecule has 0 unspecified atom stereocenters. The van der Waals surface area contributed by atoms with Gasteiger partial charge in [0.25, 0.3) is 4.73 Å². The second-order valence-corrected chi connectivity index (χ2v) is 4.80. The van der Waals surface area contributed by atoms with Crippen LogP contribution in [0.15, 0.2) is 29.0 Å². The van der Waals surface area contributed by atoms with Crippen LogP contribution in [0.3, 0.4) is 0 Å². The zero-order valence-corrected chi connectivity index (χ0v) is 12.1. The Hall–Kier alpha value is -2.00. The van der Waals surface area contributed by atoms with Gasteiger partial charge in [-0.1, -0.05) is 11.6 Å². The zero-order valence-electron chi connectivity index (χ0n) is 9.79. The van der Waals surface area contributed by atoms with E-state index in [1.165, 1.54) is 0 Å². The van der Waals surface area contributed by atoms with Crippen molar-refractivity contribution in [2.75, 3.05) is 5.32 Å². The van der Waals surface area contributed by atoms with Gasteiger partial charge in [0.1, 0.15) is 6.54 Å². The smallest absolute Gasteiger partial charge is 0.390 e. The topological polar surface area (TPSA) is 103 Å². The lowest BCUT2D eigenvalue weighted by atomic mass is 10.3. The van der Waals surface area contributed by atoms with Gasteiger partial charge in [-0.25, -0.2) is 0 Å². The molecule has 0 aliphatic carbocycles. The molecule has 1 amide bonds. The number of amides is 1. The summed E-state index contributed by atoms with van der Waals surface area (Å²) < 4.78 is 1.19. The van der Waals surface area contributed by atoms with Gasteiger partial charge in [0, 0.05) is 31.7 Å². The molecule has 0 aliphatic heterocycles. The highest BCUT2D eigenvalue weighted by molar-refractivity contribution is 9.10. The van der Waals surface area contributed by atoms with Crippen LogP contribution in [0.1, 0.15) is 0 Å². The van der Waals surface area contributed by atoms with E-state index < -0.39 is 16.8 Å². The standard InChI is InChI=1S/C10H7BrClN5O3/c11-9-14-10(17(19)20)15-16(9)5-8(18)13-7-3-1-6(12)2-4-7/h1-4H,5H2,(H,13,18). The summed E-state index contributed by atoms with van der Waals surface area (Å²) in [6, 6.07) is 6.54. The number of carbonyl (C=O) groups excluding carboxylic acids is 1. The van der Waals surface area contributed by atoms with Crippen LogP contribution in [0.2, 0.25) is 5.02 Å². The second kappa shape index (κ2) is 5.97. The van der Waals surface area contributed by atoms with E-state index in [1.54, 1.807) is 24.3 Å². The fraction of sp³-hybridized carbons (Fsp3) is 0.100. The van der Waals surface area contributed by atoms with Gasteiger partial charge in [-0.05, 0) is 34.2 Å². The summed E-state index contributed by atoms with van der Waals surface area (Å²) in [4.78, 5) is 25.1. The Morgan fingerprint density at radius 1 is 1.45 bits per heavy atom. The molecule has 0 bridgehead atoms.